The van der Waals surface area contributed by atoms with Gasteiger partial charge in [-0.1, -0.05) is 30.3 Å². The molecule has 92 valence electrons. The zero-order valence-electron chi connectivity index (χ0n) is 10.4. The van der Waals surface area contributed by atoms with Crippen molar-refractivity contribution in [2.24, 2.45) is 0 Å². The summed E-state index contributed by atoms with van der Waals surface area (Å²) in [7, 11) is 1.61. The number of nitrogens with zero attached hydrogens (tertiary/aromatic N) is 2. The highest BCUT2D eigenvalue weighted by Crippen LogP contribution is 2.48. The molecular weight excluding hydrogens is 224 g/mol. The molecule has 18 heavy (non-hydrogen) atoms. The molecule has 0 N–H and O–H groups in total. The second-order valence-corrected chi connectivity index (χ2v) is 4.67. The summed E-state index contributed by atoms with van der Waals surface area (Å²) in [6, 6.07) is 13.1. The van der Waals surface area contributed by atoms with E-state index in [0.29, 0.717) is 17.8 Å². The molecule has 0 spiro atoms. The number of rotatable bonds is 3. The van der Waals surface area contributed by atoms with Crippen molar-refractivity contribution in [3.63, 3.8) is 0 Å². The van der Waals surface area contributed by atoms with Crippen LogP contribution in [0.15, 0.2) is 42.6 Å². The number of benzene rings is 1. The van der Waals surface area contributed by atoms with Gasteiger partial charge in [0.15, 0.2) is 0 Å². The highest BCUT2D eigenvalue weighted by molar-refractivity contribution is 5.28. The topological polar surface area (TPSA) is 35.0 Å². The molecule has 3 rings (SSSR count). The van der Waals surface area contributed by atoms with Gasteiger partial charge in [0.2, 0.25) is 0 Å². The van der Waals surface area contributed by atoms with Crippen LogP contribution in [-0.4, -0.2) is 17.1 Å². The van der Waals surface area contributed by atoms with Crippen LogP contribution in [0, 0.1) is 0 Å². The summed E-state index contributed by atoms with van der Waals surface area (Å²) in [6.07, 6.45) is 4.21. The van der Waals surface area contributed by atoms with E-state index in [-0.39, 0.29) is 0 Å². The lowest BCUT2D eigenvalue weighted by Gasteiger charge is -2.36. The summed E-state index contributed by atoms with van der Waals surface area (Å²) in [5.74, 6) is 1.09. The van der Waals surface area contributed by atoms with E-state index < -0.39 is 0 Å². The number of hydrogen-bond donors (Lipinski definition) is 0. The molecule has 1 saturated carbocycles. The molecule has 1 fully saturated rings. The van der Waals surface area contributed by atoms with Crippen LogP contribution in [0.3, 0.4) is 0 Å². The Bertz CT molecular complexity index is 527. The third-order valence-electron chi connectivity index (χ3n) is 3.72. The summed E-state index contributed by atoms with van der Waals surface area (Å²) in [5.41, 5.74) is 2.51. The molecule has 0 amide bonds. The highest BCUT2D eigenvalue weighted by Gasteiger charge is 2.34. The maximum absolute atomic E-state index is 5.09. The average Bonchev–Trinajstić information content (AvgIpc) is 2.39. The van der Waals surface area contributed by atoms with E-state index in [1.807, 2.05) is 6.07 Å². The summed E-state index contributed by atoms with van der Waals surface area (Å²) in [4.78, 5) is 8.52. The number of hydrogen-bond acceptors (Lipinski definition) is 3. The van der Waals surface area contributed by atoms with Gasteiger partial charge in [-0.2, -0.15) is 4.98 Å². The normalized spacial score (nSPS) is 22.3. The molecule has 0 saturated heterocycles. The van der Waals surface area contributed by atoms with Crippen LogP contribution in [0.25, 0.3) is 0 Å². The second-order valence-electron chi connectivity index (χ2n) is 4.67. The average molecular weight is 240 g/mol. The molecule has 0 radical (unpaired) electrons. The van der Waals surface area contributed by atoms with Crippen LogP contribution in [0.1, 0.15) is 35.9 Å². The molecular formula is C15H16N2O. The van der Waals surface area contributed by atoms with E-state index in [2.05, 4.69) is 40.3 Å². The van der Waals surface area contributed by atoms with Crippen molar-refractivity contribution in [3.05, 3.63) is 53.9 Å². The zero-order chi connectivity index (χ0) is 12.4. The molecule has 0 bridgehead atoms. The van der Waals surface area contributed by atoms with Crippen LogP contribution in [-0.2, 0) is 0 Å². The zero-order valence-corrected chi connectivity index (χ0v) is 10.4. The molecule has 1 aliphatic carbocycles. The smallest absolute Gasteiger partial charge is 0.316 e. The van der Waals surface area contributed by atoms with Crippen LogP contribution < -0.4 is 4.74 Å². The number of methoxy groups -OCH3 is 1. The number of aromatic nitrogens is 2. The summed E-state index contributed by atoms with van der Waals surface area (Å²) in [5, 5.41) is 0. The molecule has 0 aliphatic heterocycles. The van der Waals surface area contributed by atoms with Crippen molar-refractivity contribution >= 4 is 0 Å². The van der Waals surface area contributed by atoms with Crippen molar-refractivity contribution in [3.8, 4) is 6.01 Å². The highest BCUT2D eigenvalue weighted by atomic mass is 16.5. The van der Waals surface area contributed by atoms with E-state index >= 15 is 0 Å². The van der Waals surface area contributed by atoms with E-state index in [0.717, 1.165) is 5.69 Å². The van der Waals surface area contributed by atoms with E-state index in [9.17, 15) is 0 Å². The predicted octanol–water partition coefficient (Wildman–Crippen LogP) is 3.15. The Labute approximate surface area is 107 Å². The Hall–Kier alpha value is -1.90. The molecule has 1 aromatic carbocycles. The first-order valence-corrected chi connectivity index (χ1v) is 6.30. The van der Waals surface area contributed by atoms with Crippen molar-refractivity contribution in [1.82, 2.24) is 9.97 Å². The lowest BCUT2D eigenvalue weighted by atomic mass is 9.68. The minimum absolute atomic E-state index is 0.464. The maximum atomic E-state index is 5.09. The third kappa shape index (κ3) is 1.96. The maximum Gasteiger partial charge on any atom is 0.316 e. The van der Waals surface area contributed by atoms with Crippen LogP contribution in [0.2, 0.25) is 0 Å². The first kappa shape index (κ1) is 11.2. The monoisotopic (exact) mass is 240 g/mol. The van der Waals surface area contributed by atoms with Crippen molar-refractivity contribution in [2.45, 2.75) is 24.7 Å². The van der Waals surface area contributed by atoms with Crippen molar-refractivity contribution in [2.75, 3.05) is 7.11 Å². The number of ether oxygens (including phenoxy) is 1. The van der Waals surface area contributed by atoms with Crippen molar-refractivity contribution < 1.29 is 4.74 Å². The first-order valence-electron chi connectivity index (χ1n) is 6.30. The van der Waals surface area contributed by atoms with Gasteiger partial charge in [-0.15, -0.1) is 0 Å². The predicted molar refractivity (Wildman–Crippen MR) is 69.7 cm³/mol. The first-order chi connectivity index (χ1) is 8.88. The Balaban J connectivity index is 1.85. The molecule has 3 nitrogen and oxygen atoms in total. The molecule has 2 aromatic rings. The van der Waals surface area contributed by atoms with Gasteiger partial charge < -0.3 is 4.74 Å². The van der Waals surface area contributed by atoms with Gasteiger partial charge in [0.05, 0.1) is 12.8 Å². The van der Waals surface area contributed by atoms with Crippen LogP contribution >= 0.6 is 0 Å². The third-order valence-corrected chi connectivity index (χ3v) is 3.72. The Morgan fingerprint density at radius 2 is 1.83 bits per heavy atom. The van der Waals surface area contributed by atoms with E-state index in [1.165, 1.54) is 18.4 Å². The molecule has 2 atom stereocenters. The fourth-order valence-electron chi connectivity index (χ4n) is 2.61. The van der Waals surface area contributed by atoms with Crippen LogP contribution in [0.4, 0.5) is 0 Å². The lowest BCUT2D eigenvalue weighted by Crippen LogP contribution is -2.22. The van der Waals surface area contributed by atoms with Gasteiger partial charge in [0.25, 0.3) is 0 Å². The Morgan fingerprint density at radius 1 is 1.06 bits per heavy atom. The van der Waals surface area contributed by atoms with Crippen LogP contribution in [0.5, 0.6) is 6.01 Å². The summed E-state index contributed by atoms with van der Waals surface area (Å²) < 4.78 is 5.09. The van der Waals surface area contributed by atoms with Gasteiger partial charge in [0, 0.05) is 12.1 Å². The van der Waals surface area contributed by atoms with E-state index in [1.54, 1.807) is 13.3 Å². The van der Waals surface area contributed by atoms with Gasteiger partial charge in [-0.05, 0) is 30.4 Å². The largest absolute Gasteiger partial charge is 0.467 e. The minimum Gasteiger partial charge on any atom is -0.467 e. The molecule has 1 aliphatic rings. The second kappa shape index (κ2) is 4.77. The molecule has 1 aromatic heterocycles. The van der Waals surface area contributed by atoms with Gasteiger partial charge in [-0.25, -0.2) is 4.98 Å². The van der Waals surface area contributed by atoms with Gasteiger partial charge >= 0.3 is 6.01 Å². The Morgan fingerprint density at radius 3 is 2.50 bits per heavy atom. The summed E-state index contributed by atoms with van der Waals surface area (Å²) in [6.45, 7) is 0. The fraction of sp³-hybridized carbons (Fsp3) is 0.333. The molecule has 1 unspecified atom stereocenters. The van der Waals surface area contributed by atoms with E-state index in [4.69, 9.17) is 4.74 Å². The van der Waals surface area contributed by atoms with Gasteiger partial charge in [-0.3, -0.25) is 0 Å². The minimum atomic E-state index is 0.464. The summed E-state index contributed by atoms with van der Waals surface area (Å²) >= 11 is 0. The fourth-order valence-corrected chi connectivity index (χ4v) is 2.61. The standard InChI is InChI=1S/C15H16N2O/c1-18-15-16-10-9-14(17-15)13-8-7-12(13)11-5-3-2-4-6-11/h2-6,9-10,12-13H,7-8H2,1H3/t12-,13?/m0/s1. The van der Waals surface area contributed by atoms with Crippen molar-refractivity contribution in [1.29, 1.82) is 0 Å². The molecule has 3 heteroatoms. The van der Waals surface area contributed by atoms with Gasteiger partial charge in [0.1, 0.15) is 0 Å². The SMILES string of the molecule is COc1nccc(C2CC[C@H]2c2ccccc2)n1. The Kier molecular flexibility index (Phi) is 2.97. The molecule has 1 heterocycles. The lowest BCUT2D eigenvalue weighted by molar-refractivity contribution is 0.328. The quantitative estimate of drug-likeness (QED) is 0.826.